The van der Waals surface area contributed by atoms with Crippen molar-refractivity contribution in [2.75, 3.05) is 26.3 Å². The van der Waals surface area contributed by atoms with Crippen LogP contribution in [0.15, 0.2) is 0 Å². The second kappa shape index (κ2) is 40.9. The third-order valence-corrected chi connectivity index (χ3v) is 9.54. The quantitative estimate of drug-likeness (QED) is 0.0667. The molecule has 0 radical (unpaired) electrons. The predicted octanol–water partition coefficient (Wildman–Crippen LogP) is 13.3. The summed E-state index contributed by atoms with van der Waals surface area (Å²) in [6, 6.07) is 0. The molecule has 3 nitrogen and oxygen atoms in total. The topological polar surface area (TPSA) is 41.5 Å². The van der Waals surface area contributed by atoms with Crippen LogP contribution < -0.4 is 5.32 Å². The van der Waals surface area contributed by atoms with Gasteiger partial charge in [-0.2, -0.15) is 0 Å². The van der Waals surface area contributed by atoms with Crippen LogP contribution in [0.5, 0.6) is 0 Å². The number of hydrogen-bond donors (Lipinski definition) is 2. The lowest BCUT2D eigenvalue weighted by Crippen LogP contribution is -2.31. The predicted molar refractivity (Wildman–Crippen MR) is 198 cm³/mol. The number of ether oxygens (including phenoxy) is 1. The third-order valence-electron chi connectivity index (χ3n) is 9.54. The van der Waals surface area contributed by atoms with Crippen molar-refractivity contribution in [1.29, 1.82) is 0 Å². The highest BCUT2D eigenvalue weighted by molar-refractivity contribution is 4.59. The summed E-state index contributed by atoms with van der Waals surface area (Å²) in [4.78, 5) is 0. The Kier molecular flexibility index (Phi) is 40.8. The summed E-state index contributed by atoms with van der Waals surface area (Å²) < 4.78 is 5.72. The lowest BCUT2D eigenvalue weighted by molar-refractivity contribution is 0.0355. The molecule has 0 saturated heterocycles. The zero-order valence-corrected chi connectivity index (χ0v) is 30.8. The zero-order valence-electron chi connectivity index (χ0n) is 30.8. The van der Waals surface area contributed by atoms with E-state index in [4.69, 9.17) is 4.74 Å². The second-order valence-corrected chi connectivity index (χ2v) is 14.2. The third kappa shape index (κ3) is 39.9. The molecule has 0 aliphatic heterocycles. The molecule has 0 aromatic heterocycles. The second-order valence-electron chi connectivity index (χ2n) is 14.2. The van der Waals surface area contributed by atoms with E-state index in [0.717, 1.165) is 19.6 Å². The highest BCUT2D eigenvalue weighted by Crippen LogP contribution is 2.15. The molecule has 0 saturated carbocycles. The van der Waals surface area contributed by atoms with Crippen LogP contribution in [0.25, 0.3) is 0 Å². The van der Waals surface area contributed by atoms with Gasteiger partial charge in [0.15, 0.2) is 0 Å². The Bertz CT molecular complexity index is 485. The van der Waals surface area contributed by atoms with Crippen LogP contribution in [0.2, 0.25) is 0 Å². The molecule has 0 aromatic rings. The molecule has 1 atom stereocenters. The monoisotopic (exact) mass is 624 g/mol. The highest BCUT2D eigenvalue weighted by Gasteiger charge is 2.03. The Morgan fingerprint density at radius 3 is 0.977 bits per heavy atom. The fraction of sp³-hybridized carbons (Fsp3) is 1.00. The van der Waals surface area contributed by atoms with Gasteiger partial charge in [-0.05, 0) is 19.4 Å². The van der Waals surface area contributed by atoms with Gasteiger partial charge in [-0.15, -0.1) is 0 Å². The smallest absolute Gasteiger partial charge is 0.0897 e. The maximum atomic E-state index is 10.1. The van der Waals surface area contributed by atoms with E-state index in [1.165, 1.54) is 212 Å². The molecule has 0 heterocycles. The van der Waals surface area contributed by atoms with Crippen LogP contribution in [-0.4, -0.2) is 37.5 Å². The van der Waals surface area contributed by atoms with Gasteiger partial charge in [0.05, 0.1) is 12.7 Å². The van der Waals surface area contributed by atoms with Crippen LogP contribution in [0.1, 0.15) is 232 Å². The van der Waals surface area contributed by atoms with Crippen LogP contribution in [0.3, 0.4) is 0 Å². The molecule has 0 rings (SSSR count). The largest absolute Gasteiger partial charge is 0.389 e. The standard InChI is InChI=1S/C41H85NO2/c1-3-5-7-9-11-13-15-17-19-21-22-24-26-28-30-32-34-36-38-44-40-41(43)39-42-37-35-33-31-29-27-25-23-20-18-16-14-12-10-8-6-4-2/h41-43H,3-40H2,1-2H3. The molecule has 3 heteroatoms. The first-order valence-electron chi connectivity index (χ1n) is 20.8. The van der Waals surface area contributed by atoms with Gasteiger partial charge < -0.3 is 15.2 Å². The Morgan fingerprint density at radius 2 is 0.659 bits per heavy atom. The van der Waals surface area contributed by atoms with E-state index < -0.39 is 0 Å². The lowest BCUT2D eigenvalue weighted by Gasteiger charge is -2.12. The van der Waals surface area contributed by atoms with Crippen LogP contribution in [0, 0.1) is 0 Å². The maximum Gasteiger partial charge on any atom is 0.0897 e. The highest BCUT2D eigenvalue weighted by atomic mass is 16.5. The first kappa shape index (κ1) is 43.9. The van der Waals surface area contributed by atoms with Crippen LogP contribution in [-0.2, 0) is 4.74 Å². The zero-order chi connectivity index (χ0) is 31.9. The number of aliphatic hydroxyl groups is 1. The first-order chi connectivity index (χ1) is 21.8. The molecule has 0 fully saturated rings. The fourth-order valence-electron chi connectivity index (χ4n) is 6.45. The van der Waals surface area contributed by atoms with Gasteiger partial charge in [0, 0.05) is 13.2 Å². The molecule has 0 aliphatic rings. The van der Waals surface area contributed by atoms with Crippen molar-refractivity contribution in [3.63, 3.8) is 0 Å². The Balaban J connectivity index is 3.13. The van der Waals surface area contributed by atoms with Crippen LogP contribution >= 0.6 is 0 Å². The normalized spacial score (nSPS) is 12.3. The molecular formula is C41H85NO2. The lowest BCUT2D eigenvalue weighted by atomic mass is 10.0. The summed E-state index contributed by atoms with van der Waals surface area (Å²) in [6.45, 7) is 7.56. The first-order valence-corrected chi connectivity index (χ1v) is 20.8. The molecule has 1 unspecified atom stereocenters. The minimum absolute atomic E-state index is 0.369. The summed E-state index contributed by atoms with van der Waals surface area (Å²) in [6.07, 6.45) is 47.5. The van der Waals surface area contributed by atoms with Crippen molar-refractivity contribution in [3.8, 4) is 0 Å². The molecule has 0 aromatic carbocycles. The summed E-state index contributed by atoms with van der Waals surface area (Å²) in [5.74, 6) is 0. The van der Waals surface area contributed by atoms with Gasteiger partial charge in [0.1, 0.15) is 0 Å². The van der Waals surface area contributed by atoms with E-state index in [1.54, 1.807) is 0 Å². The Labute approximate surface area is 279 Å². The Hall–Kier alpha value is -0.120. The maximum absolute atomic E-state index is 10.1. The van der Waals surface area contributed by atoms with Crippen molar-refractivity contribution in [2.24, 2.45) is 0 Å². The van der Waals surface area contributed by atoms with E-state index in [2.05, 4.69) is 19.2 Å². The number of rotatable bonds is 40. The van der Waals surface area contributed by atoms with E-state index >= 15 is 0 Å². The fourth-order valence-corrected chi connectivity index (χ4v) is 6.45. The van der Waals surface area contributed by atoms with Gasteiger partial charge in [0.25, 0.3) is 0 Å². The van der Waals surface area contributed by atoms with E-state index in [0.29, 0.717) is 13.2 Å². The van der Waals surface area contributed by atoms with Crippen molar-refractivity contribution >= 4 is 0 Å². The SMILES string of the molecule is CCCCCCCCCCCCCCCCCCCCOCC(O)CNCCCCCCCCCCCCCCCCCC. The number of nitrogens with one attached hydrogen (secondary N) is 1. The molecular weight excluding hydrogens is 538 g/mol. The summed E-state index contributed by atoms with van der Waals surface area (Å²) in [5.41, 5.74) is 0. The molecule has 0 aliphatic carbocycles. The number of aliphatic hydroxyl groups excluding tert-OH is 1. The molecule has 0 spiro atoms. The van der Waals surface area contributed by atoms with E-state index in [9.17, 15) is 5.11 Å². The average molecular weight is 624 g/mol. The summed E-state index contributed by atoms with van der Waals surface area (Å²) in [5, 5.41) is 13.6. The van der Waals surface area contributed by atoms with Crippen LogP contribution in [0.4, 0.5) is 0 Å². The Morgan fingerprint density at radius 1 is 0.386 bits per heavy atom. The molecule has 0 amide bonds. The van der Waals surface area contributed by atoms with Gasteiger partial charge in [-0.1, -0.05) is 219 Å². The summed E-state index contributed by atoms with van der Waals surface area (Å²) in [7, 11) is 0. The van der Waals surface area contributed by atoms with Gasteiger partial charge >= 0.3 is 0 Å². The molecule has 44 heavy (non-hydrogen) atoms. The van der Waals surface area contributed by atoms with Gasteiger partial charge in [-0.3, -0.25) is 0 Å². The average Bonchev–Trinajstić information content (AvgIpc) is 3.03. The van der Waals surface area contributed by atoms with Crippen molar-refractivity contribution in [1.82, 2.24) is 5.32 Å². The van der Waals surface area contributed by atoms with E-state index in [-0.39, 0.29) is 6.10 Å². The van der Waals surface area contributed by atoms with Crippen molar-refractivity contribution < 1.29 is 9.84 Å². The minimum atomic E-state index is -0.369. The molecule has 266 valence electrons. The molecule has 2 N–H and O–H groups in total. The van der Waals surface area contributed by atoms with E-state index in [1.807, 2.05) is 0 Å². The number of unbranched alkanes of at least 4 members (excludes halogenated alkanes) is 32. The summed E-state index contributed by atoms with van der Waals surface area (Å²) >= 11 is 0. The van der Waals surface area contributed by atoms with Crippen molar-refractivity contribution in [3.05, 3.63) is 0 Å². The van der Waals surface area contributed by atoms with Gasteiger partial charge in [0.2, 0.25) is 0 Å². The van der Waals surface area contributed by atoms with Crippen molar-refractivity contribution in [2.45, 2.75) is 238 Å². The molecule has 0 bridgehead atoms. The van der Waals surface area contributed by atoms with Gasteiger partial charge in [-0.25, -0.2) is 0 Å². The number of hydrogen-bond acceptors (Lipinski definition) is 3. The minimum Gasteiger partial charge on any atom is -0.389 e.